The molecule has 1 aromatic carbocycles. The van der Waals surface area contributed by atoms with Crippen molar-refractivity contribution in [2.75, 3.05) is 0 Å². The fraction of sp³-hybridized carbons (Fsp3) is 0.417. The van der Waals surface area contributed by atoms with Gasteiger partial charge < -0.3 is 9.84 Å². The number of fused-ring (bicyclic) bond motifs is 1. The minimum atomic E-state index is -0.876. The lowest BCUT2D eigenvalue weighted by Crippen LogP contribution is -2.17. The maximum atomic E-state index is 9.93. The second-order valence-electron chi connectivity index (χ2n) is 4.36. The van der Waals surface area contributed by atoms with Gasteiger partial charge in [0.15, 0.2) is 5.90 Å². The quantitative estimate of drug-likeness (QED) is 0.859. The van der Waals surface area contributed by atoms with E-state index in [2.05, 4.69) is 20.9 Å². The molecule has 2 aliphatic rings. The Balaban J connectivity index is 2.12. The van der Waals surface area contributed by atoms with Gasteiger partial charge in [-0.3, -0.25) is 0 Å². The number of nitrogens with zero attached hydrogens (tertiary/aromatic N) is 1. The predicted octanol–water partition coefficient (Wildman–Crippen LogP) is 3.22. The maximum absolute atomic E-state index is 9.93. The summed E-state index contributed by atoms with van der Waals surface area (Å²) < 4.78 is 6.37. The zero-order valence-electron chi connectivity index (χ0n) is 8.90. The van der Waals surface area contributed by atoms with Gasteiger partial charge in [0.25, 0.3) is 0 Å². The molecular formula is C12H12BrNO2. The first kappa shape index (κ1) is 10.3. The van der Waals surface area contributed by atoms with Gasteiger partial charge in [-0.1, -0.05) is 15.9 Å². The predicted molar refractivity (Wildman–Crippen MR) is 64.7 cm³/mol. The van der Waals surface area contributed by atoms with Crippen LogP contribution in [-0.4, -0.2) is 11.0 Å². The lowest BCUT2D eigenvalue weighted by molar-refractivity contribution is -0.0353. The normalized spacial score (nSPS) is 23.4. The van der Waals surface area contributed by atoms with Crippen LogP contribution in [0.4, 0.5) is 5.69 Å². The minimum Gasteiger partial charge on any atom is -0.447 e. The molecule has 3 nitrogen and oxygen atoms in total. The minimum absolute atomic E-state index is 0.422. The fourth-order valence-electron chi connectivity index (χ4n) is 1.93. The highest BCUT2D eigenvalue weighted by molar-refractivity contribution is 9.10. The van der Waals surface area contributed by atoms with Crippen LogP contribution in [0.15, 0.2) is 21.6 Å². The van der Waals surface area contributed by atoms with E-state index in [-0.39, 0.29) is 0 Å². The third kappa shape index (κ3) is 1.66. The molecule has 16 heavy (non-hydrogen) atoms. The lowest BCUT2D eigenvalue weighted by Gasteiger charge is -2.23. The van der Waals surface area contributed by atoms with Crippen molar-refractivity contribution in [3.05, 3.63) is 27.7 Å². The van der Waals surface area contributed by atoms with Gasteiger partial charge in [-0.05, 0) is 37.5 Å². The Labute approximate surface area is 102 Å². The summed E-state index contributed by atoms with van der Waals surface area (Å²) in [6, 6.07) is 3.87. The van der Waals surface area contributed by atoms with E-state index in [1.807, 2.05) is 19.1 Å². The molecule has 1 heterocycles. The van der Waals surface area contributed by atoms with Crippen molar-refractivity contribution in [1.82, 2.24) is 0 Å². The Morgan fingerprint density at radius 1 is 1.44 bits per heavy atom. The topological polar surface area (TPSA) is 41.8 Å². The molecule has 1 fully saturated rings. The number of benzene rings is 1. The van der Waals surface area contributed by atoms with Crippen LogP contribution in [-0.2, 0) is 4.74 Å². The molecule has 1 aliphatic heterocycles. The number of rotatable bonds is 1. The van der Waals surface area contributed by atoms with Crippen LogP contribution in [0.2, 0.25) is 0 Å². The number of ether oxygens (including phenoxy) is 1. The molecule has 0 spiro atoms. The van der Waals surface area contributed by atoms with Crippen LogP contribution < -0.4 is 0 Å². The summed E-state index contributed by atoms with van der Waals surface area (Å²) in [7, 11) is 0. The molecule has 1 aromatic rings. The van der Waals surface area contributed by atoms with Gasteiger partial charge in [0.05, 0.1) is 5.69 Å². The van der Waals surface area contributed by atoms with Crippen molar-refractivity contribution in [2.24, 2.45) is 10.9 Å². The summed E-state index contributed by atoms with van der Waals surface area (Å²) in [6.07, 6.45) is 1.37. The second-order valence-corrected chi connectivity index (χ2v) is 5.27. The zero-order valence-corrected chi connectivity index (χ0v) is 10.5. The van der Waals surface area contributed by atoms with E-state index < -0.39 is 6.29 Å². The SMILES string of the molecule is Cc1cc(Br)cc2c1N=C(C1CC1)OC2O. The molecule has 0 bridgehead atoms. The summed E-state index contributed by atoms with van der Waals surface area (Å²) in [5.41, 5.74) is 2.67. The maximum Gasteiger partial charge on any atom is 0.227 e. The molecule has 0 amide bonds. The second kappa shape index (κ2) is 3.57. The van der Waals surface area contributed by atoms with Crippen molar-refractivity contribution in [3.8, 4) is 0 Å². The summed E-state index contributed by atoms with van der Waals surface area (Å²) in [5.74, 6) is 1.12. The Morgan fingerprint density at radius 3 is 2.88 bits per heavy atom. The highest BCUT2D eigenvalue weighted by Gasteiger charge is 2.34. The Bertz CT molecular complexity index is 480. The van der Waals surface area contributed by atoms with Crippen LogP contribution in [0.25, 0.3) is 0 Å². The van der Waals surface area contributed by atoms with Crippen LogP contribution in [0.3, 0.4) is 0 Å². The first-order valence-electron chi connectivity index (χ1n) is 5.38. The summed E-state index contributed by atoms with van der Waals surface area (Å²) in [6.45, 7) is 2.00. The van der Waals surface area contributed by atoms with E-state index in [0.29, 0.717) is 11.8 Å². The van der Waals surface area contributed by atoms with Gasteiger partial charge in [-0.15, -0.1) is 0 Å². The highest BCUT2D eigenvalue weighted by atomic mass is 79.9. The van der Waals surface area contributed by atoms with Gasteiger partial charge in [-0.25, -0.2) is 4.99 Å². The van der Waals surface area contributed by atoms with E-state index >= 15 is 0 Å². The molecule has 1 N–H and O–H groups in total. The molecule has 1 unspecified atom stereocenters. The van der Waals surface area contributed by atoms with E-state index in [9.17, 15) is 5.11 Å². The summed E-state index contributed by atoms with van der Waals surface area (Å²) in [5, 5.41) is 9.93. The first-order chi connectivity index (χ1) is 7.65. The van der Waals surface area contributed by atoms with Gasteiger partial charge in [0.1, 0.15) is 0 Å². The standard InChI is InChI=1S/C12H12BrNO2/c1-6-4-8(13)5-9-10(6)14-11(7-2-3-7)16-12(9)15/h4-5,7,12,15H,2-3H2,1H3. The number of halogens is 1. The van der Waals surface area contributed by atoms with Crippen molar-refractivity contribution in [2.45, 2.75) is 26.1 Å². The van der Waals surface area contributed by atoms with Crippen molar-refractivity contribution in [3.63, 3.8) is 0 Å². The number of aryl methyl sites for hydroxylation is 1. The molecule has 0 saturated heterocycles. The third-order valence-electron chi connectivity index (χ3n) is 2.94. The van der Waals surface area contributed by atoms with Crippen molar-refractivity contribution in [1.29, 1.82) is 0 Å². The van der Waals surface area contributed by atoms with E-state index in [1.54, 1.807) is 0 Å². The van der Waals surface area contributed by atoms with Gasteiger partial charge in [0.2, 0.25) is 6.29 Å². The van der Waals surface area contributed by atoms with Crippen molar-refractivity contribution >= 4 is 27.5 Å². The van der Waals surface area contributed by atoms with Gasteiger partial charge in [-0.2, -0.15) is 0 Å². The number of aliphatic hydroxyl groups excluding tert-OH is 1. The smallest absolute Gasteiger partial charge is 0.227 e. The number of hydrogen-bond donors (Lipinski definition) is 1. The van der Waals surface area contributed by atoms with Gasteiger partial charge in [0, 0.05) is 16.0 Å². The Morgan fingerprint density at radius 2 is 2.19 bits per heavy atom. The summed E-state index contributed by atoms with van der Waals surface area (Å²) >= 11 is 3.41. The number of hydrogen-bond acceptors (Lipinski definition) is 3. The largest absolute Gasteiger partial charge is 0.447 e. The summed E-state index contributed by atoms with van der Waals surface area (Å²) in [4.78, 5) is 4.51. The zero-order chi connectivity index (χ0) is 11.3. The molecule has 4 heteroatoms. The lowest BCUT2D eigenvalue weighted by atomic mass is 10.1. The van der Waals surface area contributed by atoms with E-state index in [4.69, 9.17) is 4.74 Å². The molecule has 1 atom stereocenters. The van der Waals surface area contributed by atoms with Gasteiger partial charge >= 0.3 is 0 Å². The van der Waals surface area contributed by atoms with Crippen LogP contribution >= 0.6 is 15.9 Å². The first-order valence-corrected chi connectivity index (χ1v) is 6.18. The molecule has 0 radical (unpaired) electrons. The van der Waals surface area contributed by atoms with E-state index in [1.165, 1.54) is 0 Å². The highest BCUT2D eigenvalue weighted by Crippen LogP contribution is 2.41. The molecule has 84 valence electrons. The third-order valence-corrected chi connectivity index (χ3v) is 3.40. The number of aliphatic imine (C=N–C) groups is 1. The molecular weight excluding hydrogens is 270 g/mol. The van der Waals surface area contributed by atoms with Crippen LogP contribution in [0.1, 0.15) is 30.3 Å². The molecule has 1 saturated carbocycles. The molecule has 1 aliphatic carbocycles. The Hall–Kier alpha value is -0.870. The Kier molecular flexibility index (Phi) is 2.30. The van der Waals surface area contributed by atoms with Crippen molar-refractivity contribution < 1.29 is 9.84 Å². The fourth-order valence-corrected chi connectivity index (χ4v) is 2.52. The van der Waals surface area contributed by atoms with Crippen LogP contribution in [0, 0.1) is 12.8 Å². The molecule has 3 rings (SSSR count). The molecule has 0 aromatic heterocycles. The van der Waals surface area contributed by atoms with Crippen LogP contribution in [0.5, 0.6) is 0 Å². The monoisotopic (exact) mass is 281 g/mol. The number of aliphatic hydroxyl groups is 1. The van der Waals surface area contributed by atoms with E-state index in [0.717, 1.165) is 34.1 Å². The average molecular weight is 282 g/mol. The average Bonchev–Trinajstić information content (AvgIpc) is 3.02.